The Kier molecular flexibility index (Phi) is 5.66. The summed E-state index contributed by atoms with van der Waals surface area (Å²) in [5.41, 5.74) is 4.20. The molecule has 0 bridgehead atoms. The van der Waals surface area contributed by atoms with Crippen LogP contribution >= 0.6 is 0 Å². The smallest absolute Gasteiger partial charge is 0.311 e. The van der Waals surface area contributed by atoms with E-state index in [2.05, 4.69) is 0 Å². The van der Waals surface area contributed by atoms with Gasteiger partial charge in [0.25, 0.3) is 0 Å². The van der Waals surface area contributed by atoms with Gasteiger partial charge < -0.3 is 9.67 Å². The van der Waals surface area contributed by atoms with E-state index in [9.17, 15) is 18.3 Å². The summed E-state index contributed by atoms with van der Waals surface area (Å²) in [5.74, 6) is -1.56. The molecule has 1 unspecified atom stereocenters. The first-order valence-corrected chi connectivity index (χ1v) is 11.3. The lowest BCUT2D eigenvalue weighted by atomic mass is 9.88. The number of rotatable bonds is 6. The van der Waals surface area contributed by atoms with Crippen LogP contribution in [0.4, 0.5) is 0 Å². The molecule has 1 heterocycles. The van der Waals surface area contributed by atoms with Gasteiger partial charge in [-0.25, -0.2) is 8.42 Å². The molecule has 6 heteroatoms. The lowest BCUT2D eigenvalue weighted by Crippen LogP contribution is -2.18. The van der Waals surface area contributed by atoms with Gasteiger partial charge in [-0.15, -0.1) is 0 Å². The van der Waals surface area contributed by atoms with Crippen molar-refractivity contribution in [1.82, 2.24) is 4.57 Å². The van der Waals surface area contributed by atoms with Crippen molar-refractivity contribution in [2.45, 2.75) is 31.6 Å². The second-order valence-electron chi connectivity index (χ2n) is 7.60. The fourth-order valence-electron chi connectivity index (χ4n) is 3.71. The van der Waals surface area contributed by atoms with Gasteiger partial charge in [-0.3, -0.25) is 4.79 Å². The van der Waals surface area contributed by atoms with E-state index in [4.69, 9.17) is 0 Å². The van der Waals surface area contributed by atoms with Gasteiger partial charge in [0.15, 0.2) is 9.84 Å². The summed E-state index contributed by atoms with van der Waals surface area (Å²) in [6, 6.07) is 18.3. The number of hydrogen-bond acceptors (Lipinski definition) is 3. The standard InChI is InChI=1S/C23H25NO4S/c1-15(2)22(23(25)26)20-14-21(17-10-12-19(13-11-17)29(4,27)28)24(16(20)3)18-8-6-5-7-9-18/h5-15,22H,1-4H3,(H,25,26). The third kappa shape index (κ3) is 4.12. The molecule has 0 aliphatic carbocycles. The van der Waals surface area contributed by atoms with Crippen molar-refractivity contribution in [3.8, 4) is 16.9 Å². The Bertz CT molecular complexity index is 1130. The fraction of sp³-hybridized carbons (Fsp3) is 0.261. The zero-order chi connectivity index (χ0) is 21.3. The maximum Gasteiger partial charge on any atom is 0.311 e. The number of hydrogen-bond donors (Lipinski definition) is 1. The van der Waals surface area contributed by atoms with Gasteiger partial charge in [-0.2, -0.15) is 0 Å². The van der Waals surface area contributed by atoms with Crippen molar-refractivity contribution in [2.75, 3.05) is 6.26 Å². The van der Waals surface area contributed by atoms with Crippen LogP contribution in [0.5, 0.6) is 0 Å². The second-order valence-corrected chi connectivity index (χ2v) is 9.61. The van der Waals surface area contributed by atoms with E-state index in [1.54, 1.807) is 24.3 Å². The molecule has 5 nitrogen and oxygen atoms in total. The van der Waals surface area contributed by atoms with Crippen molar-refractivity contribution in [3.05, 3.63) is 71.9 Å². The predicted octanol–water partition coefficient (Wildman–Crippen LogP) is 4.68. The number of aliphatic carboxylic acids is 1. The first kappa shape index (κ1) is 20.9. The molecule has 0 fully saturated rings. The molecule has 2 aromatic carbocycles. The molecule has 0 aliphatic heterocycles. The largest absolute Gasteiger partial charge is 0.481 e. The third-order valence-corrected chi connectivity index (χ3v) is 6.28. The van der Waals surface area contributed by atoms with Crippen molar-refractivity contribution >= 4 is 15.8 Å². The molecule has 152 valence electrons. The molecular formula is C23H25NO4S. The SMILES string of the molecule is Cc1c(C(C(=O)O)C(C)C)cc(-c2ccc(S(C)(=O)=O)cc2)n1-c1ccccc1. The average molecular weight is 412 g/mol. The maximum absolute atomic E-state index is 12.0. The Hall–Kier alpha value is -2.86. The molecule has 0 aliphatic rings. The van der Waals surface area contributed by atoms with Gasteiger partial charge in [0, 0.05) is 17.6 Å². The summed E-state index contributed by atoms with van der Waals surface area (Å²) >= 11 is 0. The summed E-state index contributed by atoms with van der Waals surface area (Å²) in [6.45, 7) is 5.73. The van der Waals surface area contributed by atoms with Crippen LogP contribution in [0.2, 0.25) is 0 Å². The molecule has 29 heavy (non-hydrogen) atoms. The van der Waals surface area contributed by atoms with Crippen molar-refractivity contribution in [3.63, 3.8) is 0 Å². The van der Waals surface area contributed by atoms with Crippen molar-refractivity contribution in [1.29, 1.82) is 0 Å². The summed E-state index contributed by atoms with van der Waals surface area (Å²) in [4.78, 5) is 12.2. The lowest BCUT2D eigenvalue weighted by molar-refractivity contribution is -0.139. The van der Waals surface area contributed by atoms with Gasteiger partial charge in [0.05, 0.1) is 16.5 Å². The average Bonchev–Trinajstić information content (AvgIpc) is 2.98. The Morgan fingerprint density at radius 3 is 2.07 bits per heavy atom. The normalized spacial score (nSPS) is 12.9. The Balaban J connectivity index is 2.25. The Labute approximate surface area is 171 Å². The molecule has 3 aromatic rings. The van der Waals surface area contributed by atoms with Crippen molar-refractivity contribution < 1.29 is 18.3 Å². The second kappa shape index (κ2) is 7.87. The highest BCUT2D eigenvalue weighted by molar-refractivity contribution is 7.90. The number of para-hydroxylation sites is 1. The minimum Gasteiger partial charge on any atom is -0.481 e. The summed E-state index contributed by atoms with van der Waals surface area (Å²) in [5, 5.41) is 9.81. The molecule has 1 N–H and O–H groups in total. The minimum atomic E-state index is -3.29. The van der Waals surface area contributed by atoms with Crippen LogP contribution in [-0.2, 0) is 14.6 Å². The molecule has 3 rings (SSSR count). The van der Waals surface area contributed by atoms with Crippen LogP contribution in [0.15, 0.2) is 65.6 Å². The number of nitrogens with zero attached hydrogens (tertiary/aromatic N) is 1. The molecule has 0 spiro atoms. The zero-order valence-corrected chi connectivity index (χ0v) is 17.8. The van der Waals surface area contributed by atoms with Crippen molar-refractivity contribution in [2.24, 2.45) is 5.92 Å². The topological polar surface area (TPSA) is 76.4 Å². The van der Waals surface area contributed by atoms with Gasteiger partial charge >= 0.3 is 5.97 Å². The third-order valence-electron chi connectivity index (χ3n) is 5.15. The van der Waals surface area contributed by atoms with Gasteiger partial charge in [-0.1, -0.05) is 44.2 Å². The van der Waals surface area contributed by atoms with E-state index in [1.807, 2.05) is 61.7 Å². The highest BCUT2D eigenvalue weighted by atomic mass is 32.2. The molecule has 0 radical (unpaired) electrons. The van der Waals surface area contributed by atoms with E-state index in [0.29, 0.717) is 0 Å². The van der Waals surface area contributed by atoms with E-state index in [0.717, 1.165) is 28.2 Å². The lowest BCUT2D eigenvalue weighted by Gasteiger charge is -2.17. The maximum atomic E-state index is 12.0. The molecular weight excluding hydrogens is 386 g/mol. The van der Waals surface area contributed by atoms with E-state index in [-0.39, 0.29) is 10.8 Å². The summed E-state index contributed by atoms with van der Waals surface area (Å²) < 4.78 is 25.6. The Morgan fingerprint density at radius 2 is 1.59 bits per heavy atom. The number of sulfone groups is 1. The van der Waals surface area contributed by atoms with Crippen LogP contribution in [0.3, 0.4) is 0 Å². The zero-order valence-electron chi connectivity index (χ0n) is 17.0. The molecule has 1 aromatic heterocycles. The Morgan fingerprint density at radius 1 is 1.00 bits per heavy atom. The summed E-state index contributed by atoms with van der Waals surface area (Å²) in [7, 11) is -3.29. The van der Waals surface area contributed by atoms with Gasteiger partial charge in [0.2, 0.25) is 0 Å². The highest BCUT2D eigenvalue weighted by Crippen LogP contribution is 2.36. The number of carboxylic acid groups (broad SMARTS) is 1. The number of benzene rings is 2. The van der Waals surface area contributed by atoms with Crippen LogP contribution in [0, 0.1) is 12.8 Å². The van der Waals surface area contributed by atoms with Crippen LogP contribution < -0.4 is 0 Å². The molecule has 0 saturated heterocycles. The highest BCUT2D eigenvalue weighted by Gasteiger charge is 2.29. The number of carbonyl (C=O) groups is 1. The molecule has 1 atom stereocenters. The van der Waals surface area contributed by atoms with E-state index < -0.39 is 21.7 Å². The van der Waals surface area contributed by atoms with Gasteiger partial charge in [0.1, 0.15) is 0 Å². The van der Waals surface area contributed by atoms with Gasteiger partial charge in [-0.05, 0) is 54.3 Å². The number of carboxylic acids is 1. The van der Waals surface area contributed by atoms with E-state index in [1.165, 1.54) is 6.26 Å². The monoisotopic (exact) mass is 411 g/mol. The van der Waals surface area contributed by atoms with E-state index >= 15 is 0 Å². The minimum absolute atomic E-state index is 0.0710. The van der Waals surface area contributed by atoms with Crippen LogP contribution in [-0.4, -0.2) is 30.3 Å². The van der Waals surface area contributed by atoms with Crippen LogP contribution in [0.25, 0.3) is 16.9 Å². The predicted molar refractivity (Wildman–Crippen MR) is 114 cm³/mol. The first-order valence-electron chi connectivity index (χ1n) is 9.42. The number of aromatic nitrogens is 1. The quantitative estimate of drug-likeness (QED) is 0.639. The fourth-order valence-corrected chi connectivity index (χ4v) is 4.34. The molecule has 0 saturated carbocycles. The first-order chi connectivity index (χ1) is 13.6. The molecule has 0 amide bonds. The van der Waals surface area contributed by atoms with Crippen LogP contribution in [0.1, 0.15) is 31.0 Å². The summed E-state index contributed by atoms with van der Waals surface area (Å²) in [6.07, 6.45) is 1.18.